The van der Waals surface area contributed by atoms with Crippen LogP contribution < -0.4 is 4.74 Å². The summed E-state index contributed by atoms with van der Waals surface area (Å²) in [7, 11) is 0. The maximum atomic E-state index is 12.7. The van der Waals surface area contributed by atoms with Crippen molar-refractivity contribution in [3.63, 3.8) is 0 Å². The monoisotopic (exact) mass is 389 g/mol. The molecule has 0 N–H and O–H groups in total. The molecule has 0 bridgehead atoms. The van der Waals surface area contributed by atoms with Crippen molar-refractivity contribution >= 4 is 11.3 Å². The van der Waals surface area contributed by atoms with Crippen molar-refractivity contribution in [2.24, 2.45) is 0 Å². The molecule has 1 fully saturated rings. The van der Waals surface area contributed by atoms with Gasteiger partial charge in [0.15, 0.2) is 0 Å². The number of thiazole rings is 1. The van der Waals surface area contributed by atoms with Gasteiger partial charge in [0.25, 0.3) is 0 Å². The first-order valence-electron chi connectivity index (χ1n) is 8.84. The van der Waals surface area contributed by atoms with Crippen LogP contribution in [0.25, 0.3) is 11.3 Å². The second kappa shape index (κ2) is 7.35. The molecule has 1 saturated carbocycles. The number of aromatic nitrogens is 1. The minimum absolute atomic E-state index is 0.531. The molecule has 0 unspecified atom stereocenters. The number of para-hydroxylation sites is 1. The molecule has 0 saturated heterocycles. The maximum absolute atomic E-state index is 12.7. The smallest absolute Gasteiger partial charge is 0.416 e. The summed E-state index contributed by atoms with van der Waals surface area (Å²) in [6.07, 6.45) is -1.20. The predicted molar refractivity (Wildman–Crippen MR) is 100 cm³/mol. The number of halogens is 3. The van der Waals surface area contributed by atoms with E-state index in [0.717, 1.165) is 22.9 Å². The quantitative estimate of drug-likeness (QED) is 0.492. The lowest BCUT2D eigenvalue weighted by atomic mass is 10.1. The molecule has 1 aromatic heterocycles. The highest BCUT2D eigenvalue weighted by molar-refractivity contribution is 7.09. The number of benzene rings is 2. The fraction of sp³-hybridized carbons (Fsp3) is 0.286. The number of hydrogen-bond acceptors (Lipinski definition) is 3. The van der Waals surface area contributed by atoms with Gasteiger partial charge in [-0.3, -0.25) is 0 Å². The highest BCUT2D eigenvalue weighted by atomic mass is 32.1. The van der Waals surface area contributed by atoms with E-state index in [1.807, 2.05) is 23.6 Å². The molecular formula is C21H18F3NOS. The van der Waals surface area contributed by atoms with E-state index >= 15 is 0 Å². The summed E-state index contributed by atoms with van der Waals surface area (Å²) in [5, 5.41) is 2.78. The average Bonchev–Trinajstić information content (AvgIpc) is 3.40. The van der Waals surface area contributed by atoms with E-state index in [1.54, 1.807) is 0 Å². The van der Waals surface area contributed by atoms with Crippen molar-refractivity contribution in [1.29, 1.82) is 0 Å². The summed E-state index contributed by atoms with van der Waals surface area (Å²) < 4.78 is 43.9. The van der Waals surface area contributed by atoms with Crippen LogP contribution in [0.1, 0.15) is 34.9 Å². The largest absolute Gasteiger partial charge is 0.493 e. The van der Waals surface area contributed by atoms with Gasteiger partial charge in [0.2, 0.25) is 0 Å². The molecule has 6 heteroatoms. The standard InChI is InChI=1S/C21H18F3NOS/c22-21(23,24)16-9-7-15(8-10-16)18-13-27-20(25-18)11-12-26-19-4-2-1-3-17(19)14-5-6-14/h1-4,7-10,13-14H,5-6,11-12H2. The van der Waals surface area contributed by atoms with E-state index in [1.165, 1.54) is 41.9 Å². The average molecular weight is 389 g/mol. The maximum Gasteiger partial charge on any atom is 0.416 e. The molecule has 0 radical (unpaired) electrons. The first-order chi connectivity index (χ1) is 13.0. The zero-order valence-corrected chi connectivity index (χ0v) is 15.3. The second-order valence-electron chi connectivity index (χ2n) is 6.61. The molecular weight excluding hydrogens is 371 g/mol. The summed E-state index contributed by atoms with van der Waals surface area (Å²) in [4.78, 5) is 4.53. The number of alkyl halides is 3. The Morgan fingerprint density at radius 3 is 2.48 bits per heavy atom. The van der Waals surface area contributed by atoms with Gasteiger partial charge in [-0.15, -0.1) is 11.3 Å². The van der Waals surface area contributed by atoms with Gasteiger partial charge in [0.05, 0.1) is 22.9 Å². The van der Waals surface area contributed by atoms with Gasteiger partial charge in [-0.2, -0.15) is 13.2 Å². The van der Waals surface area contributed by atoms with Crippen LogP contribution in [-0.4, -0.2) is 11.6 Å². The Morgan fingerprint density at radius 2 is 1.78 bits per heavy atom. The zero-order chi connectivity index (χ0) is 18.9. The van der Waals surface area contributed by atoms with Crippen molar-refractivity contribution in [1.82, 2.24) is 4.98 Å². The van der Waals surface area contributed by atoms with E-state index in [2.05, 4.69) is 11.1 Å². The van der Waals surface area contributed by atoms with Crippen LogP contribution in [0.2, 0.25) is 0 Å². The van der Waals surface area contributed by atoms with Gasteiger partial charge in [0.1, 0.15) is 5.75 Å². The van der Waals surface area contributed by atoms with Crippen LogP contribution in [0.15, 0.2) is 53.9 Å². The third-order valence-corrected chi connectivity index (χ3v) is 5.48. The SMILES string of the molecule is FC(F)(F)c1ccc(-c2csc(CCOc3ccccc3C3CC3)n2)cc1. The third kappa shape index (κ3) is 4.33. The molecule has 0 aliphatic heterocycles. The van der Waals surface area contributed by atoms with E-state index < -0.39 is 11.7 Å². The lowest BCUT2D eigenvalue weighted by molar-refractivity contribution is -0.137. The number of nitrogens with zero attached hydrogens (tertiary/aromatic N) is 1. The second-order valence-corrected chi connectivity index (χ2v) is 7.55. The molecule has 2 nitrogen and oxygen atoms in total. The van der Waals surface area contributed by atoms with Crippen molar-refractivity contribution in [2.45, 2.75) is 31.4 Å². The van der Waals surface area contributed by atoms with Crippen molar-refractivity contribution in [3.05, 3.63) is 70.0 Å². The van der Waals surface area contributed by atoms with Crippen molar-refractivity contribution in [2.75, 3.05) is 6.61 Å². The minimum Gasteiger partial charge on any atom is -0.493 e. The molecule has 2 aromatic carbocycles. The highest BCUT2D eigenvalue weighted by Gasteiger charge is 2.30. The van der Waals surface area contributed by atoms with Crippen LogP contribution >= 0.6 is 11.3 Å². The fourth-order valence-corrected chi connectivity index (χ4v) is 3.77. The van der Waals surface area contributed by atoms with Gasteiger partial charge < -0.3 is 4.74 Å². The van der Waals surface area contributed by atoms with Crippen LogP contribution in [0.4, 0.5) is 13.2 Å². The topological polar surface area (TPSA) is 22.1 Å². The van der Waals surface area contributed by atoms with Gasteiger partial charge >= 0.3 is 6.18 Å². The Labute approximate surface area is 159 Å². The lowest BCUT2D eigenvalue weighted by Gasteiger charge is -2.10. The summed E-state index contributed by atoms with van der Waals surface area (Å²) in [6.45, 7) is 0.531. The first kappa shape index (κ1) is 18.0. The Kier molecular flexibility index (Phi) is 4.91. The van der Waals surface area contributed by atoms with Gasteiger partial charge in [-0.05, 0) is 42.5 Å². The van der Waals surface area contributed by atoms with Gasteiger partial charge in [-0.25, -0.2) is 4.98 Å². The number of ether oxygens (including phenoxy) is 1. The first-order valence-corrected chi connectivity index (χ1v) is 9.72. The van der Waals surface area contributed by atoms with E-state index in [-0.39, 0.29) is 0 Å². The number of rotatable bonds is 6. The van der Waals surface area contributed by atoms with Gasteiger partial charge in [-0.1, -0.05) is 30.3 Å². The van der Waals surface area contributed by atoms with Crippen LogP contribution in [0, 0.1) is 0 Å². The predicted octanol–water partition coefficient (Wildman–Crippen LogP) is 6.33. The van der Waals surface area contributed by atoms with Crippen molar-refractivity contribution in [3.8, 4) is 17.0 Å². The lowest BCUT2D eigenvalue weighted by Crippen LogP contribution is -2.04. The normalized spacial score (nSPS) is 14.3. The molecule has 140 valence electrons. The summed E-state index contributed by atoms with van der Waals surface area (Å²) in [5.41, 5.74) is 2.01. The molecule has 1 heterocycles. The van der Waals surface area contributed by atoms with E-state index in [0.29, 0.717) is 30.2 Å². The van der Waals surface area contributed by atoms with Crippen LogP contribution in [0.5, 0.6) is 5.75 Å². The Hall–Kier alpha value is -2.34. The van der Waals surface area contributed by atoms with Crippen LogP contribution in [0.3, 0.4) is 0 Å². The highest BCUT2D eigenvalue weighted by Crippen LogP contribution is 2.44. The fourth-order valence-electron chi connectivity index (χ4n) is 2.98. The molecule has 0 spiro atoms. The summed E-state index contributed by atoms with van der Waals surface area (Å²) >= 11 is 1.50. The molecule has 0 atom stereocenters. The molecule has 0 amide bonds. The van der Waals surface area contributed by atoms with Crippen LogP contribution in [-0.2, 0) is 12.6 Å². The molecule has 4 rings (SSSR count). The summed E-state index contributed by atoms with van der Waals surface area (Å²) in [6, 6.07) is 13.2. The Morgan fingerprint density at radius 1 is 1.04 bits per heavy atom. The number of hydrogen-bond donors (Lipinski definition) is 0. The molecule has 27 heavy (non-hydrogen) atoms. The molecule has 3 aromatic rings. The summed E-state index contributed by atoms with van der Waals surface area (Å²) in [5.74, 6) is 1.58. The van der Waals surface area contributed by atoms with Crippen molar-refractivity contribution < 1.29 is 17.9 Å². The third-order valence-electron chi connectivity index (χ3n) is 4.57. The Balaban J connectivity index is 1.37. The Bertz CT molecular complexity index is 914. The zero-order valence-electron chi connectivity index (χ0n) is 14.5. The minimum atomic E-state index is -4.32. The van der Waals surface area contributed by atoms with E-state index in [4.69, 9.17) is 4.74 Å². The van der Waals surface area contributed by atoms with Gasteiger partial charge in [0, 0.05) is 17.4 Å². The molecule has 1 aliphatic rings. The van der Waals surface area contributed by atoms with E-state index in [9.17, 15) is 13.2 Å². The molecule has 1 aliphatic carbocycles.